The smallest absolute Gasteiger partial charge is 0.215 e. The van der Waals surface area contributed by atoms with E-state index in [1.807, 2.05) is 0 Å². The molecule has 0 radical (unpaired) electrons. The molecule has 0 aliphatic carbocycles. The summed E-state index contributed by atoms with van der Waals surface area (Å²) >= 11 is 0. The number of aromatic nitrogens is 2. The first-order valence-electron chi connectivity index (χ1n) is 4.60. The van der Waals surface area contributed by atoms with Crippen LogP contribution in [0, 0.1) is 5.82 Å². The molecule has 0 aliphatic heterocycles. The van der Waals surface area contributed by atoms with E-state index < -0.39 is 0 Å². The highest BCUT2D eigenvalue weighted by Crippen LogP contribution is 2.29. The van der Waals surface area contributed by atoms with Crippen LogP contribution in [0.4, 0.5) is 10.3 Å². The van der Waals surface area contributed by atoms with Crippen molar-refractivity contribution in [3.8, 4) is 17.0 Å². The maximum atomic E-state index is 13.1. The minimum Gasteiger partial charge on any atom is -0.496 e. The van der Waals surface area contributed by atoms with Crippen molar-refractivity contribution in [2.24, 2.45) is 5.84 Å². The van der Waals surface area contributed by atoms with Gasteiger partial charge in [0.25, 0.3) is 0 Å². The first kappa shape index (κ1) is 10.4. The number of hydrogen-bond acceptors (Lipinski definition) is 4. The lowest BCUT2D eigenvalue weighted by molar-refractivity contribution is 0.415. The predicted molar refractivity (Wildman–Crippen MR) is 58.3 cm³/mol. The standard InChI is InChI=1S/C10H11FN4O/c1-16-9-3-2-6(11)4-7(9)8-5-13-10(14-8)15-12/h2-5H,12H2,1H3,(H2,13,14,15). The summed E-state index contributed by atoms with van der Waals surface area (Å²) in [6, 6.07) is 4.26. The van der Waals surface area contributed by atoms with Crippen LogP contribution in [-0.2, 0) is 0 Å². The number of ether oxygens (including phenoxy) is 1. The third-order valence-electron chi connectivity index (χ3n) is 2.16. The fourth-order valence-corrected chi connectivity index (χ4v) is 1.42. The SMILES string of the molecule is COc1ccc(F)cc1-c1cnc(NN)[nH]1. The molecule has 0 fully saturated rings. The second-order valence-corrected chi connectivity index (χ2v) is 3.13. The molecule has 84 valence electrons. The number of nitrogens with one attached hydrogen (secondary N) is 2. The Kier molecular flexibility index (Phi) is 2.74. The van der Waals surface area contributed by atoms with Crippen molar-refractivity contribution in [1.29, 1.82) is 0 Å². The molecule has 1 aromatic heterocycles. The first-order chi connectivity index (χ1) is 7.74. The second-order valence-electron chi connectivity index (χ2n) is 3.13. The average Bonchev–Trinajstić information content (AvgIpc) is 2.77. The van der Waals surface area contributed by atoms with E-state index in [4.69, 9.17) is 10.6 Å². The third kappa shape index (κ3) is 1.82. The van der Waals surface area contributed by atoms with E-state index in [0.29, 0.717) is 23.0 Å². The molecule has 0 amide bonds. The monoisotopic (exact) mass is 222 g/mol. The minimum absolute atomic E-state index is 0.340. The van der Waals surface area contributed by atoms with Crippen molar-refractivity contribution in [2.75, 3.05) is 12.5 Å². The van der Waals surface area contributed by atoms with E-state index >= 15 is 0 Å². The Morgan fingerprint density at radius 1 is 1.50 bits per heavy atom. The Morgan fingerprint density at radius 3 is 2.94 bits per heavy atom. The van der Waals surface area contributed by atoms with Gasteiger partial charge in [-0.05, 0) is 18.2 Å². The van der Waals surface area contributed by atoms with Gasteiger partial charge in [-0.2, -0.15) is 0 Å². The van der Waals surface area contributed by atoms with Crippen molar-refractivity contribution in [3.63, 3.8) is 0 Å². The molecule has 16 heavy (non-hydrogen) atoms. The van der Waals surface area contributed by atoms with E-state index in [-0.39, 0.29) is 5.82 Å². The number of nitrogen functional groups attached to an aromatic ring is 1. The van der Waals surface area contributed by atoms with Gasteiger partial charge in [0, 0.05) is 5.56 Å². The minimum atomic E-state index is -0.340. The highest BCUT2D eigenvalue weighted by Gasteiger charge is 2.09. The fourth-order valence-electron chi connectivity index (χ4n) is 1.42. The summed E-state index contributed by atoms with van der Waals surface area (Å²) in [5.41, 5.74) is 3.59. The van der Waals surface area contributed by atoms with Gasteiger partial charge in [-0.1, -0.05) is 0 Å². The summed E-state index contributed by atoms with van der Waals surface area (Å²) in [5, 5.41) is 0. The van der Waals surface area contributed by atoms with Crippen LogP contribution < -0.4 is 16.0 Å². The lowest BCUT2D eigenvalue weighted by Gasteiger charge is -2.06. The van der Waals surface area contributed by atoms with E-state index in [1.165, 1.54) is 19.2 Å². The molecule has 0 bridgehead atoms. The van der Waals surface area contributed by atoms with Crippen LogP contribution in [-0.4, -0.2) is 17.1 Å². The molecular weight excluding hydrogens is 211 g/mol. The van der Waals surface area contributed by atoms with Crippen LogP contribution in [0.2, 0.25) is 0 Å². The second kappa shape index (κ2) is 4.19. The highest BCUT2D eigenvalue weighted by molar-refractivity contribution is 5.67. The largest absolute Gasteiger partial charge is 0.496 e. The zero-order valence-electron chi connectivity index (χ0n) is 8.62. The number of benzene rings is 1. The van der Waals surface area contributed by atoms with E-state index in [1.54, 1.807) is 12.3 Å². The van der Waals surface area contributed by atoms with Gasteiger partial charge >= 0.3 is 0 Å². The number of nitrogens with zero attached hydrogens (tertiary/aromatic N) is 1. The Labute approximate surface area is 91.4 Å². The zero-order valence-corrected chi connectivity index (χ0v) is 8.62. The quantitative estimate of drug-likeness (QED) is 0.543. The van der Waals surface area contributed by atoms with Gasteiger partial charge in [-0.25, -0.2) is 15.2 Å². The van der Waals surface area contributed by atoms with E-state index in [0.717, 1.165) is 0 Å². The van der Waals surface area contributed by atoms with Gasteiger partial charge in [-0.3, -0.25) is 5.43 Å². The van der Waals surface area contributed by atoms with Gasteiger partial charge < -0.3 is 9.72 Å². The Hall–Kier alpha value is -2.08. The number of anilines is 1. The summed E-state index contributed by atoms with van der Waals surface area (Å²) in [6.45, 7) is 0. The van der Waals surface area contributed by atoms with Gasteiger partial charge in [0.15, 0.2) is 0 Å². The summed E-state index contributed by atoms with van der Waals surface area (Å²) in [5.74, 6) is 5.82. The molecule has 6 heteroatoms. The molecule has 4 N–H and O–H groups in total. The van der Waals surface area contributed by atoms with Crippen molar-refractivity contribution in [3.05, 3.63) is 30.2 Å². The number of imidazole rings is 1. The number of nitrogens with two attached hydrogens (primary N) is 1. The lowest BCUT2D eigenvalue weighted by atomic mass is 10.1. The Morgan fingerprint density at radius 2 is 2.31 bits per heavy atom. The normalized spacial score (nSPS) is 10.2. The maximum absolute atomic E-state index is 13.1. The lowest BCUT2D eigenvalue weighted by Crippen LogP contribution is -2.07. The van der Waals surface area contributed by atoms with Gasteiger partial charge in [-0.15, -0.1) is 0 Å². The molecule has 0 atom stereocenters. The van der Waals surface area contributed by atoms with Crippen LogP contribution in [0.1, 0.15) is 0 Å². The van der Waals surface area contributed by atoms with Crippen molar-refractivity contribution >= 4 is 5.95 Å². The van der Waals surface area contributed by atoms with Crippen molar-refractivity contribution in [1.82, 2.24) is 9.97 Å². The predicted octanol–water partition coefficient (Wildman–Crippen LogP) is 1.51. The molecule has 0 spiro atoms. The molecule has 1 aromatic carbocycles. The highest BCUT2D eigenvalue weighted by atomic mass is 19.1. The van der Waals surface area contributed by atoms with Crippen LogP contribution in [0.25, 0.3) is 11.3 Å². The zero-order chi connectivity index (χ0) is 11.5. The number of hydrazine groups is 1. The van der Waals surface area contributed by atoms with E-state index in [9.17, 15) is 4.39 Å². The van der Waals surface area contributed by atoms with Crippen molar-refractivity contribution < 1.29 is 9.13 Å². The molecule has 0 saturated carbocycles. The number of H-pyrrole nitrogens is 1. The van der Waals surface area contributed by atoms with Gasteiger partial charge in [0.05, 0.1) is 19.0 Å². The number of halogens is 1. The molecular formula is C10H11FN4O. The molecule has 0 saturated heterocycles. The summed E-state index contributed by atoms with van der Waals surface area (Å²) in [6.07, 6.45) is 1.55. The molecule has 0 unspecified atom stereocenters. The topological polar surface area (TPSA) is 76.0 Å². The summed E-state index contributed by atoms with van der Waals surface area (Å²) < 4.78 is 18.3. The summed E-state index contributed by atoms with van der Waals surface area (Å²) in [7, 11) is 1.52. The van der Waals surface area contributed by atoms with E-state index in [2.05, 4.69) is 15.4 Å². The fraction of sp³-hybridized carbons (Fsp3) is 0.100. The summed E-state index contributed by atoms with van der Waals surface area (Å²) in [4.78, 5) is 6.83. The first-order valence-corrected chi connectivity index (χ1v) is 4.60. The van der Waals surface area contributed by atoms with Crippen LogP contribution in [0.15, 0.2) is 24.4 Å². The van der Waals surface area contributed by atoms with Crippen LogP contribution >= 0.6 is 0 Å². The van der Waals surface area contributed by atoms with Crippen LogP contribution in [0.3, 0.4) is 0 Å². The molecule has 0 aliphatic rings. The average molecular weight is 222 g/mol. The number of methoxy groups -OCH3 is 1. The molecule has 1 heterocycles. The number of rotatable bonds is 3. The maximum Gasteiger partial charge on any atom is 0.215 e. The molecule has 5 nitrogen and oxygen atoms in total. The van der Waals surface area contributed by atoms with Crippen molar-refractivity contribution in [2.45, 2.75) is 0 Å². The van der Waals surface area contributed by atoms with Gasteiger partial charge in [0.1, 0.15) is 11.6 Å². The Balaban J connectivity index is 2.49. The third-order valence-corrected chi connectivity index (χ3v) is 2.16. The van der Waals surface area contributed by atoms with Gasteiger partial charge in [0.2, 0.25) is 5.95 Å². The molecule has 2 rings (SSSR count). The van der Waals surface area contributed by atoms with Crippen LogP contribution in [0.5, 0.6) is 5.75 Å². The molecule has 2 aromatic rings. The number of hydrogen-bond donors (Lipinski definition) is 3. The number of aromatic amines is 1. The Bertz CT molecular complexity index is 497.